The van der Waals surface area contributed by atoms with Gasteiger partial charge in [-0.1, -0.05) is 35.0 Å². The highest BCUT2D eigenvalue weighted by Gasteiger charge is 2.51. The van der Waals surface area contributed by atoms with Crippen LogP contribution in [0.15, 0.2) is 28.7 Å². The molecular weight excluding hydrogens is 318 g/mol. The summed E-state index contributed by atoms with van der Waals surface area (Å²) in [6.07, 6.45) is 4.03. The minimum atomic E-state index is -0.619. The van der Waals surface area contributed by atoms with Gasteiger partial charge in [0.15, 0.2) is 0 Å². The van der Waals surface area contributed by atoms with Gasteiger partial charge in [0.2, 0.25) is 0 Å². The van der Waals surface area contributed by atoms with Gasteiger partial charge < -0.3 is 5.11 Å². The molecule has 4 atom stereocenters. The molecule has 4 unspecified atom stereocenters. The first-order chi connectivity index (χ1) is 9.61. The molecule has 4 heteroatoms. The average Bonchev–Trinajstić information content (AvgIpc) is 2.98. The Labute approximate surface area is 128 Å². The Bertz CT molecular complexity index is 519. The Kier molecular flexibility index (Phi) is 3.87. The molecule has 108 valence electrons. The number of carboxylic acids is 1. The van der Waals surface area contributed by atoms with E-state index in [1.54, 1.807) is 0 Å². The third kappa shape index (κ3) is 2.29. The van der Waals surface area contributed by atoms with E-state index in [2.05, 4.69) is 46.0 Å². The van der Waals surface area contributed by atoms with Crippen molar-refractivity contribution < 1.29 is 9.90 Å². The maximum atomic E-state index is 11.4. The maximum absolute atomic E-state index is 11.4. The lowest BCUT2D eigenvalue weighted by Gasteiger charge is -2.32. The topological polar surface area (TPSA) is 40.5 Å². The van der Waals surface area contributed by atoms with E-state index < -0.39 is 5.97 Å². The monoisotopic (exact) mass is 337 g/mol. The predicted octanol–water partition coefficient (Wildman–Crippen LogP) is 3.84. The second kappa shape index (κ2) is 5.49. The molecule has 1 N–H and O–H groups in total. The van der Waals surface area contributed by atoms with Crippen LogP contribution in [0.3, 0.4) is 0 Å². The van der Waals surface area contributed by atoms with Crippen molar-refractivity contribution >= 4 is 21.9 Å². The molecule has 0 aromatic heterocycles. The molecule has 2 aliphatic rings. The summed E-state index contributed by atoms with van der Waals surface area (Å²) in [7, 11) is 0. The van der Waals surface area contributed by atoms with Gasteiger partial charge in [-0.05, 0) is 43.4 Å². The molecule has 0 saturated carbocycles. The summed E-state index contributed by atoms with van der Waals surface area (Å²) in [5, 5.41) is 9.39. The summed E-state index contributed by atoms with van der Waals surface area (Å²) in [5.41, 5.74) is 1.30. The molecule has 1 aromatic rings. The second-order valence-corrected chi connectivity index (χ2v) is 6.82. The van der Waals surface area contributed by atoms with Gasteiger partial charge in [-0.25, -0.2) is 0 Å². The van der Waals surface area contributed by atoms with Crippen LogP contribution in [0.1, 0.15) is 44.2 Å². The Morgan fingerprint density at radius 2 is 2.30 bits per heavy atom. The highest BCUT2D eigenvalue weighted by molar-refractivity contribution is 9.10. The molecule has 0 radical (unpaired) electrons. The van der Waals surface area contributed by atoms with E-state index in [0.717, 1.165) is 30.2 Å². The van der Waals surface area contributed by atoms with Gasteiger partial charge in [0, 0.05) is 22.6 Å². The smallest absolute Gasteiger partial charge is 0.308 e. The summed E-state index contributed by atoms with van der Waals surface area (Å²) >= 11 is 3.54. The van der Waals surface area contributed by atoms with Crippen molar-refractivity contribution in [3.63, 3.8) is 0 Å². The Balaban J connectivity index is 1.89. The number of fused-ring (bicyclic) bond motifs is 2. The van der Waals surface area contributed by atoms with Crippen LogP contribution >= 0.6 is 15.9 Å². The minimum absolute atomic E-state index is 0.171. The standard InChI is InChI=1S/C16H20BrNO2/c1-2-14(10-4-3-5-11(17)8-10)18-12-6-7-15(18)13(9-12)16(19)20/h3-5,8,12-15H,2,6-7,9H2,1H3,(H,19,20). The Hall–Kier alpha value is -0.870. The van der Waals surface area contributed by atoms with Crippen molar-refractivity contribution in [1.29, 1.82) is 0 Å². The summed E-state index contributed by atoms with van der Waals surface area (Å²) in [4.78, 5) is 13.9. The fourth-order valence-corrected chi connectivity index (χ4v) is 4.53. The normalized spacial score (nSPS) is 30.6. The molecule has 3 nitrogen and oxygen atoms in total. The van der Waals surface area contributed by atoms with Gasteiger partial charge in [-0.2, -0.15) is 0 Å². The minimum Gasteiger partial charge on any atom is -0.481 e. The van der Waals surface area contributed by atoms with Crippen LogP contribution in [0, 0.1) is 5.92 Å². The first-order valence-electron chi connectivity index (χ1n) is 7.37. The van der Waals surface area contributed by atoms with Crippen LogP contribution in [0.5, 0.6) is 0 Å². The second-order valence-electron chi connectivity index (χ2n) is 5.91. The van der Waals surface area contributed by atoms with E-state index in [4.69, 9.17) is 0 Å². The van der Waals surface area contributed by atoms with Crippen LogP contribution in [-0.2, 0) is 4.79 Å². The lowest BCUT2D eigenvalue weighted by Crippen LogP contribution is -2.35. The Morgan fingerprint density at radius 3 is 2.90 bits per heavy atom. The third-order valence-corrected chi connectivity index (χ3v) is 5.38. The highest BCUT2D eigenvalue weighted by Crippen LogP contribution is 2.47. The Morgan fingerprint density at radius 1 is 1.50 bits per heavy atom. The first kappa shape index (κ1) is 14.1. The predicted molar refractivity (Wildman–Crippen MR) is 81.6 cm³/mol. The fraction of sp³-hybridized carbons (Fsp3) is 0.562. The number of halogens is 1. The van der Waals surface area contributed by atoms with E-state index in [-0.39, 0.29) is 12.0 Å². The van der Waals surface area contributed by atoms with Crippen LogP contribution in [0.2, 0.25) is 0 Å². The lowest BCUT2D eigenvalue weighted by molar-refractivity contribution is -0.142. The maximum Gasteiger partial charge on any atom is 0.308 e. The molecule has 0 amide bonds. The summed E-state index contributed by atoms with van der Waals surface area (Å²) in [5.74, 6) is -0.791. The van der Waals surface area contributed by atoms with Gasteiger partial charge in [-0.15, -0.1) is 0 Å². The molecule has 2 heterocycles. The van der Waals surface area contributed by atoms with Crippen molar-refractivity contribution in [1.82, 2.24) is 4.90 Å². The van der Waals surface area contributed by atoms with Gasteiger partial charge >= 0.3 is 5.97 Å². The number of aliphatic carboxylic acids is 1. The highest BCUT2D eigenvalue weighted by atomic mass is 79.9. The van der Waals surface area contributed by atoms with E-state index >= 15 is 0 Å². The molecule has 20 heavy (non-hydrogen) atoms. The zero-order valence-corrected chi connectivity index (χ0v) is 13.2. The zero-order valence-electron chi connectivity index (χ0n) is 11.6. The van der Waals surface area contributed by atoms with Crippen molar-refractivity contribution in [3.05, 3.63) is 34.3 Å². The lowest BCUT2D eigenvalue weighted by atomic mass is 9.89. The van der Waals surface area contributed by atoms with Crippen molar-refractivity contribution in [2.24, 2.45) is 5.92 Å². The van der Waals surface area contributed by atoms with Crippen molar-refractivity contribution in [2.75, 3.05) is 0 Å². The molecular formula is C16H20BrNO2. The van der Waals surface area contributed by atoms with E-state index in [9.17, 15) is 9.90 Å². The third-order valence-electron chi connectivity index (χ3n) is 4.89. The van der Waals surface area contributed by atoms with Crippen LogP contribution in [0.4, 0.5) is 0 Å². The van der Waals surface area contributed by atoms with E-state index in [1.807, 2.05) is 6.07 Å². The summed E-state index contributed by atoms with van der Waals surface area (Å²) < 4.78 is 1.09. The average molecular weight is 338 g/mol. The number of carbonyl (C=O) groups is 1. The number of hydrogen-bond donors (Lipinski definition) is 1. The number of carboxylic acid groups (broad SMARTS) is 1. The van der Waals surface area contributed by atoms with Gasteiger partial charge in [0.1, 0.15) is 0 Å². The number of hydrogen-bond acceptors (Lipinski definition) is 2. The molecule has 2 fully saturated rings. The number of nitrogens with zero attached hydrogens (tertiary/aromatic N) is 1. The summed E-state index contributed by atoms with van der Waals surface area (Å²) in [6, 6.07) is 9.44. The zero-order chi connectivity index (χ0) is 14.3. The molecule has 0 aliphatic carbocycles. The molecule has 2 aliphatic heterocycles. The molecule has 3 rings (SSSR count). The number of benzene rings is 1. The van der Waals surface area contributed by atoms with Crippen LogP contribution in [0.25, 0.3) is 0 Å². The van der Waals surface area contributed by atoms with Crippen LogP contribution < -0.4 is 0 Å². The van der Waals surface area contributed by atoms with Crippen molar-refractivity contribution in [2.45, 2.75) is 50.7 Å². The number of rotatable bonds is 4. The van der Waals surface area contributed by atoms with Gasteiger partial charge in [0.25, 0.3) is 0 Å². The fourth-order valence-electron chi connectivity index (χ4n) is 4.11. The van der Waals surface area contributed by atoms with Crippen molar-refractivity contribution in [3.8, 4) is 0 Å². The largest absolute Gasteiger partial charge is 0.481 e. The van der Waals surface area contributed by atoms with Gasteiger partial charge in [0.05, 0.1) is 5.92 Å². The molecule has 1 aromatic carbocycles. The quantitative estimate of drug-likeness (QED) is 0.907. The van der Waals surface area contributed by atoms with E-state index in [1.165, 1.54) is 5.56 Å². The summed E-state index contributed by atoms with van der Waals surface area (Å²) in [6.45, 7) is 2.19. The molecule has 0 spiro atoms. The van der Waals surface area contributed by atoms with Crippen LogP contribution in [-0.4, -0.2) is 28.1 Å². The van der Waals surface area contributed by atoms with Gasteiger partial charge in [-0.3, -0.25) is 9.69 Å². The molecule has 2 saturated heterocycles. The SMILES string of the molecule is CCC(c1cccc(Br)c1)N1C2CCC1C(C(=O)O)C2. The first-order valence-corrected chi connectivity index (χ1v) is 8.16. The molecule has 2 bridgehead atoms. The van der Waals surface area contributed by atoms with E-state index in [0.29, 0.717) is 12.1 Å².